The van der Waals surface area contributed by atoms with Crippen LogP contribution in [-0.4, -0.2) is 25.3 Å². The zero-order chi connectivity index (χ0) is 13.8. The molecule has 1 saturated carbocycles. The van der Waals surface area contributed by atoms with Crippen LogP contribution in [0.4, 0.5) is 0 Å². The van der Waals surface area contributed by atoms with E-state index in [-0.39, 0.29) is 18.2 Å². The molecule has 1 aliphatic rings. The fourth-order valence-corrected chi connectivity index (χ4v) is 3.16. The van der Waals surface area contributed by atoms with Gasteiger partial charge in [-0.3, -0.25) is 0 Å². The molecule has 0 bridgehead atoms. The minimum Gasteiger partial charge on any atom is -0.459 e. The highest BCUT2D eigenvalue weighted by atomic mass is 79.9. The Morgan fingerprint density at radius 3 is 2.79 bits per heavy atom. The van der Waals surface area contributed by atoms with Gasteiger partial charge in [0.25, 0.3) is 0 Å². The SMILES string of the molecule is COC1CCCC(OC(=O)c2ccc(Br)cc2S)C1. The second-order valence-corrected chi connectivity index (χ2v) is 6.11. The monoisotopic (exact) mass is 344 g/mol. The molecule has 0 aromatic heterocycles. The van der Waals surface area contributed by atoms with E-state index in [1.54, 1.807) is 19.2 Å². The molecule has 2 atom stereocenters. The van der Waals surface area contributed by atoms with Crippen molar-refractivity contribution in [1.82, 2.24) is 0 Å². The summed E-state index contributed by atoms with van der Waals surface area (Å²) in [6.45, 7) is 0. The third-order valence-electron chi connectivity index (χ3n) is 3.36. The van der Waals surface area contributed by atoms with Crippen LogP contribution in [-0.2, 0) is 9.47 Å². The second-order valence-electron chi connectivity index (χ2n) is 4.71. The number of esters is 1. The average molecular weight is 345 g/mol. The van der Waals surface area contributed by atoms with Crippen LogP contribution in [0.2, 0.25) is 0 Å². The fourth-order valence-electron chi connectivity index (χ4n) is 2.32. The van der Waals surface area contributed by atoms with Crippen LogP contribution in [0.1, 0.15) is 36.0 Å². The highest BCUT2D eigenvalue weighted by Gasteiger charge is 2.25. The largest absolute Gasteiger partial charge is 0.459 e. The Labute approximate surface area is 127 Å². The first-order valence-corrected chi connectivity index (χ1v) is 7.56. The number of halogens is 1. The van der Waals surface area contributed by atoms with E-state index in [1.165, 1.54) is 0 Å². The van der Waals surface area contributed by atoms with Crippen molar-refractivity contribution in [2.24, 2.45) is 0 Å². The summed E-state index contributed by atoms with van der Waals surface area (Å²) in [7, 11) is 1.70. The maximum absolute atomic E-state index is 12.1. The first-order chi connectivity index (χ1) is 9.10. The van der Waals surface area contributed by atoms with Gasteiger partial charge in [0.05, 0.1) is 11.7 Å². The molecule has 1 fully saturated rings. The lowest BCUT2D eigenvalue weighted by Gasteiger charge is -2.28. The van der Waals surface area contributed by atoms with Gasteiger partial charge in [-0.15, -0.1) is 12.6 Å². The molecule has 5 heteroatoms. The second kappa shape index (κ2) is 6.77. The first kappa shape index (κ1) is 14.9. The highest BCUT2D eigenvalue weighted by molar-refractivity contribution is 9.10. The lowest BCUT2D eigenvalue weighted by Crippen LogP contribution is -2.29. The molecular weight excluding hydrogens is 328 g/mol. The van der Waals surface area contributed by atoms with Crippen molar-refractivity contribution in [3.05, 3.63) is 28.2 Å². The first-order valence-electron chi connectivity index (χ1n) is 6.32. The molecule has 19 heavy (non-hydrogen) atoms. The van der Waals surface area contributed by atoms with E-state index in [9.17, 15) is 4.79 Å². The van der Waals surface area contributed by atoms with Gasteiger partial charge < -0.3 is 9.47 Å². The molecule has 1 aliphatic carbocycles. The van der Waals surface area contributed by atoms with Crippen LogP contribution >= 0.6 is 28.6 Å². The van der Waals surface area contributed by atoms with E-state index in [0.717, 1.165) is 30.2 Å². The van der Waals surface area contributed by atoms with Gasteiger partial charge in [-0.1, -0.05) is 15.9 Å². The standard InChI is InChI=1S/C14H17BrO3S/c1-17-10-3-2-4-11(8-10)18-14(16)12-6-5-9(15)7-13(12)19/h5-7,10-11,19H,2-4,8H2,1H3. The molecule has 0 saturated heterocycles. The molecule has 0 radical (unpaired) electrons. The molecule has 2 unspecified atom stereocenters. The van der Waals surface area contributed by atoms with Crippen molar-refractivity contribution >= 4 is 34.5 Å². The van der Waals surface area contributed by atoms with Gasteiger partial charge in [-0.05, 0) is 37.5 Å². The van der Waals surface area contributed by atoms with Gasteiger partial charge in [0.1, 0.15) is 6.10 Å². The molecule has 3 nitrogen and oxygen atoms in total. The van der Waals surface area contributed by atoms with Gasteiger partial charge in [0, 0.05) is 22.9 Å². The molecule has 0 N–H and O–H groups in total. The number of carbonyl (C=O) groups excluding carboxylic acids is 1. The number of hydrogen-bond donors (Lipinski definition) is 1. The van der Waals surface area contributed by atoms with E-state index in [4.69, 9.17) is 9.47 Å². The average Bonchev–Trinajstić information content (AvgIpc) is 2.38. The van der Waals surface area contributed by atoms with Gasteiger partial charge in [0.15, 0.2) is 0 Å². The summed E-state index contributed by atoms with van der Waals surface area (Å²) < 4.78 is 11.8. The summed E-state index contributed by atoms with van der Waals surface area (Å²) in [5.74, 6) is -0.306. The van der Waals surface area contributed by atoms with Crippen LogP contribution in [0, 0.1) is 0 Å². The molecule has 0 heterocycles. The van der Waals surface area contributed by atoms with Gasteiger partial charge in [0.2, 0.25) is 0 Å². The van der Waals surface area contributed by atoms with Crippen molar-refractivity contribution in [2.75, 3.05) is 7.11 Å². The number of benzene rings is 1. The Bertz CT molecular complexity index is 464. The summed E-state index contributed by atoms with van der Waals surface area (Å²) in [6, 6.07) is 5.33. The van der Waals surface area contributed by atoms with Crippen molar-refractivity contribution in [1.29, 1.82) is 0 Å². The van der Waals surface area contributed by atoms with Crippen LogP contribution in [0.15, 0.2) is 27.6 Å². The molecule has 1 aromatic rings. The number of thiol groups is 1. The molecule has 1 aromatic carbocycles. The third kappa shape index (κ3) is 3.97. The van der Waals surface area contributed by atoms with Crippen LogP contribution < -0.4 is 0 Å². The van der Waals surface area contributed by atoms with Crippen LogP contribution in [0.3, 0.4) is 0 Å². The number of methoxy groups -OCH3 is 1. The Morgan fingerprint density at radius 2 is 2.11 bits per heavy atom. The Hall–Kier alpha value is -0.520. The number of hydrogen-bond acceptors (Lipinski definition) is 4. The normalized spacial score (nSPS) is 23.1. The van der Waals surface area contributed by atoms with Crippen molar-refractivity contribution in [2.45, 2.75) is 42.8 Å². The molecular formula is C14H17BrO3S. The van der Waals surface area contributed by atoms with E-state index in [2.05, 4.69) is 28.6 Å². The highest BCUT2D eigenvalue weighted by Crippen LogP contribution is 2.26. The van der Waals surface area contributed by atoms with Crippen molar-refractivity contribution in [3.8, 4) is 0 Å². The number of rotatable bonds is 3. The van der Waals surface area contributed by atoms with Crippen molar-refractivity contribution in [3.63, 3.8) is 0 Å². The number of carbonyl (C=O) groups is 1. The Balaban J connectivity index is 2.00. The number of ether oxygens (including phenoxy) is 2. The molecule has 0 spiro atoms. The molecule has 0 amide bonds. The third-order valence-corrected chi connectivity index (χ3v) is 4.23. The van der Waals surface area contributed by atoms with Gasteiger partial charge >= 0.3 is 5.97 Å². The zero-order valence-electron chi connectivity index (χ0n) is 10.8. The van der Waals surface area contributed by atoms with E-state index >= 15 is 0 Å². The van der Waals surface area contributed by atoms with Crippen LogP contribution in [0.25, 0.3) is 0 Å². The summed E-state index contributed by atoms with van der Waals surface area (Å²) in [5.41, 5.74) is 0.506. The smallest absolute Gasteiger partial charge is 0.339 e. The minimum atomic E-state index is -0.306. The predicted octanol–water partition coefficient (Wildman–Crippen LogP) is 3.85. The lowest BCUT2D eigenvalue weighted by atomic mass is 9.95. The predicted molar refractivity (Wildman–Crippen MR) is 79.9 cm³/mol. The topological polar surface area (TPSA) is 35.5 Å². The van der Waals surface area contributed by atoms with Crippen molar-refractivity contribution < 1.29 is 14.3 Å². The maximum atomic E-state index is 12.1. The maximum Gasteiger partial charge on any atom is 0.339 e. The quantitative estimate of drug-likeness (QED) is 0.668. The Morgan fingerprint density at radius 1 is 1.37 bits per heavy atom. The van der Waals surface area contributed by atoms with E-state index in [1.807, 2.05) is 6.07 Å². The molecule has 104 valence electrons. The fraction of sp³-hybridized carbons (Fsp3) is 0.500. The summed E-state index contributed by atoms with van der Waals surface area (Å²) >= 11 is 7.65. The lowest BCUT2D eigenvalue weighted by molar-refractivity contribution is -0.0151. The van der Waals surface area contributed by atoms with Crippen LogP contribution in [0.5, 0.6) is 0 Å². The molecule has 2 rings (SSSR count). The Kier molecular flexibility index (Phi) is 5.30. The summed E-state index contributed by atoms with van der Waals surface area (Å²) in [5, 5.41) is 0. The summed E-state index contributed by atoms with van der Waals surface area (Å²) in [6.07, 6.45) is 3.91. The molecule has 0 aliphatic heterocycles. The van der Waals surface area contributed by atoms with E-state index < -0.39 is 0 Å². The van der Waals surface area contributed by atoms with Gasteiger partial charge in [-0.25, -0.2) is 4.79 Å². The van der Waals surface area contributed by atoms with Gasteiger partial charge in [-0.2, -0.15) is 0 Å². The summed E-state index contributed by atoms with van der Waals surface area (Å²) in [4.78, 5) is 12.7. The zero-order valence-corrected chi connectivity index (χ0v) is 13.2. The van der Waals surface area contributed by atoms with E-state index in [0.29, 0.717) is 10.5 Å². The minimum absolute atomic E-state index is 0.0532.